The monoisotopic (exact) mass is 347 g/mol. The fourth-order valence-electron chi connectivity index (χ4n) is 2.99. The minimum atomic E-state index is 0.0294. The molecular formula is C18H21NO2S2. The molecule has 1 N–H and O–H groups in total. The summed E-state index contributed by atoms with van der Waals surface area (Å²) in [6.07, 6.45) is 4.21. The van der Waals surface area contributed by atoms with E-state index >= 15 is 0 Å². The maximum atomic E-state index is 12.4. The van der Waals surface area contributed by atoms with Crippen molar-refractivity contribution >= 4 is 29.0 Å². The van der Waals surface area contributed by atoms with Gasteiger partial charge in [0, 0.05) is 24.0 Å². The molecule has 122 valence electrons. The number of carbonyl (C=O) groups is 1. The predicted octanol–water partition coefficient (Wildman–Crippen LogP) is 4.37. The zero-order valence-corrected chi connectivity index (χ0v) is 14.8. The summed E-state index contributed by atoms with van der Waals surface area (Å²) in [5.41, 5.74) is 1.20. The second kappa shape index (κ2) is 7.99. The van der Waals surface area contributed by atoms with Gasteiger partial charge >= 0.3 is 0 Å². The number of thiophene rings is 1. The molecule has 1 aromatic heterocycles. The van der Waals surface area contributed by atoms with Gasteiger partial charge in [0.15, 0.2) is 0 Å². The molecule has 0 radical (unpaired) electrons. The van der Waals surface area contributed by atoms with Crippen molar-refractivity contribution < 1.29 is 9.53 Å². The fraction of sp³-hybridized carbons (Fsp3) is 0.389. The van der Waals surface area contributed by atoms with E-state index in [-0.39, 0.29) is 12.0 Å². The third-order valence-corrected chi connectivity index (χ3v) is 5.98. The molecule has 1 aliphatic heterocycles. The SMILES string of the molecule is CSc1ccsc1C(=O)NCC1CCCOC1c1ccccc1. The molecule has 2 aromatic rings. The number of nitrogens with one attached hydrogen (secondary N) is 1. The van der Waals surface area contributed by atoms with Crippen LogP contribution in [0.2, 0.25) is 0 Å². The van der Waals surface area contributed by atoms with Crippen LogP contribution in [0.3, 0.4) is 0 Å². The van der Waals surface area contributed by atoms with Gasteiger partial charge in [-0.05, 0) is 36.1 Å². The first kappa shape index (κ1) is 16.6. The number of rotatable bonds is 5. The molecule has 2 heterocycles. The van der Waals surface area contributed by atoms with Crippen molar-refractivity contribution in [3.8, 4) is 0 Å². The number of amides is 1. The van der Waals surface area contributed by atoms with Gasteiger partial charge in [-0.3, -0.25) is 4.79 Å². The van der Waals surface area contributed by atoms with Gasteiger partial charge < -0.3 is 10.1 Å². The van der Waals surface area contributed by atoms with Gasteiger partial charge in [0.1, 0.15) is 4.88 Å². The molecule has 1 aromatic carbocycles. The van der Waals surface area contributed by atoms with Crippen LogP contribution in [0.25, 0.3) is 0 Å². The minimum Gasteiger partial charge on any atom is -0.373 e. The fourth-order valence-corrected chi connectivity index (χ4v) is 4.66. The second-order valence-electron chi connectivity index (χ2n) is 5.63. The summed E-state index contributed by atoms with van der Waals surface area (Å²) in [5, 5.41) is 5.08. The molecule has 2 atom stereocenters. The van der Waals surface area contributed by atoms with Crippen molar-refractivity contribution in [1.29, 1.82) is 0 Å². The molecule has 0 aliphatic carbocycles. The normalized spacial score (nSPS) is 21.1. The molecular weight excluding hydrogens is 326 g/mol. The lowest BCUT2D eigenvalue weighted by molar-refractivity contribution is -0.0272. The van der Waals surface area contributed by atoms with Crippen molar-refractivity contribution in [3.63, 3.8) is 0 Å². The second-order valence-corrected chi connectivity index (χ2v) is 7.40. The first-order chi connectivity index (χ1) is 11.3. The van der Waals surface area contributed by atoms with Crippen molar-refractivity contribution in [1.82, 2.24) is 5.32 Å². The van der Waals surface area contributed by atoms with E-state index in [2.05, 4.69) is 17.4 Å². The average Bonchev–Trinajstić information content (AvgIpc) is 3.09. The van der Waals surface area contributed by atoms with Crippen molar-refractivity contribution in [2.75, 3.05) is 19.4 Å². The Labute approximate surface area is 145 Å². The Morgan fingerprint density at radius 3 is 2.96 bits per heavy atom. The van der Waals surface area contributed by atoms with Crippen LogP contribution in [-0.4, -0.2) is 25.3 Å². The van der Waals surface area contributed by atoms with Gasteiger partial charge in [0.25, 0.3) is 5.91 Å². The van der Waals surface area contributed by atoms with Crippen LogP contribution >= 0.6 is 23.1 Å². The number of benzene rings is 1. The van der Waals surface area contributed by atoms with Crippen LogP contribution in [0, 0.1) is 5.92 Å². The zero-order valence-electron chi connectivity index (χ0n) is 13.2. The first-order valence-electron chi connectivity index (χ1n) is 7.86. The van der Waals surface area contributed by atoms with E-state index in [0.29, 0.717) is 12.5 Å². The molecule has 23 heavy (non-hydrogen) atoms. The number of hydrogen-bond donors (Lipinski definition) is 1. The lowest BCUT2D eigenvalue weighted by atomic mass is 9.89. The third kappa shape index (κ3) is 3.97. The summed E-state index contributed by atoms with van der Waals surface area (Å²) in [7, 11) is 0. The first-order valence-corrected chi connectivity index (χ1v) is 9.96. The highest BCUT2D eigenvalue weighted by Crippen LogP contribution is 2.33. The molecule has 1 fully saturated rings. The highest BCUT2D eigenvalue weighted by atomic mass is 32.2. The van der Waals surface area contributed by atoms with Gasteiger partial charge in [-0.2, -0.15) is 0 Å². The third-order valence-electron chi connectivity index (χ3n) is 4.15. The topological polar surface area (TPSA) is 38.3 Å². The summed E-state index contributed by atoms with van der Waals surface area (Å²) in [4.78, 5) is 14.3. The van der Waals surface area contributed by atoms with E-state index in [1.807, 2.05) is 35.9 Å². The minimum absolute atomic E-state index is 0.0294. The van der Waals surface area contributed by atoms with Crippen LogP contribution in [0.1, 0.15) is 34.2 Å². The summed E-state index contributed by atoms with van der Waals surface area (Å²) in [6.45, 7) is 1.45. The van der Waals surface area contributed by atoms with E-state index in [4.69, 9.17) is 4.74 Å². The summed E-state index contributed by atoms with van der Waals surface area (Å²) in [5.74, 6) is 0.356. The molecule has 0 saturated carbocycles. The zero-order chi connectivity index (χ0) is 16.1. The predicted molar refractivity (Wildman–Crippen MR) is 96.3 cm³/mol. The van der Waals surface area contributed by atoms with Gasteiger partial charge in [0.2, 0.25) is 0 Å². The van der Waals surface area contributed by atoms with Crippen LogP contribution in [0.5, 0.6) is 0 Å². The number of carbonyl (C=O) groups excluding carboxylic acids is 1. The number of thioether (sulfide) groups is 1. The highest BCUT2D eigenvalue weighted by molar-refractivity contribution is 7.98. The van der Waals surface area contributed by atoms with E-state index < -0.39 is 0 Å². The van der Waals surface area contributed by atoms with E-state index in [9.17, 15) is 4.79 Å². The highest BCUT2D eigenvalue weighted by Gasteiger charge is 2.28. The molecule has 1 aliphatic rings. The van der Waals surface area contributed by atoms with Gasteiger partial charge in [0.05, 0.1) is 6.10 Å². The lowest BCUT2D eigenvalue weighted by Crippen LogP contribution is -2.35. The van der Waals surface area contributed by atoms with Crippen molar-refractivity contribution in [3.05, 3.63) is 52.2 Å². The van der Waals surface area contributed by atoms with Gasteiger partial charge in [-0.15, -0.1) is 23.1 Å². The van der Waals surface area contributed by atoms with Crippen molar-refractivity contribution in [2.24, 2.45) is 5.92 Å². The average molecular weight is 348 g/mol. The molecule has 1 saturated heterocycles. The molecule has 2 unspecified atom stereocenters. The van der Waals surface area contributed by atoms with Gasteiger partial charge in [-0.1, -0.05) is 30.3 Å². The Morgan fingerprint density at radius 2 is 2.17 bits per heavy atom. The molecule has 3 nitrogen and oxygen atoms in total. The molecule has 0 bridgehead atoms. The smallest absolute Gasteiger partial charge is 0.262 e. The standard InChI is InChI=1S/C18H21NO2S2/c1-22-15-9-11-23-17(15)18(20)19-12-14-8-5-10-21-16(14)13-6-3-2-4-7-13/h2-4,6-7,9,11,14,16H,5,8,10,12H2,1H3,(H,19,20). The lowest BCUT2D eigenvalue weighted by Gasteiger charge is -2.32. The van der Waals surface area contributed by atoms with E-state index in [0.717, 1.165) is 29.2 Å². The van der Waals surface area contributed by atoms with Crippen LogP contribution in [0.4, 0.5) is 0 Å². The Kier molecular flexibility index (Phi) is 5.75. The maximum Gasteiger partial charge on any atom is 0.262 e. The summed E-state index contributed by atoms with van der Waals surface area (Å²) < 4.78 is 5.99. The van der Waals surface area contributed by atoms with Crippen LogP contribution in [0.15, 0.2) is 46.7 Å². The largest absolute Gasteiger partial charge is 0.373 e. The molecule has 5 heteroatoms. The Bertz CT molecular complexity index is 641. The number of hydrogen-bond acceptors (Lipinski definition) is 4. The summed E-state index contributed by atoms with van der Waals surface area (Å²) >= 11 is 3.12. The van der Waals surface area contributed by atoms with E-state index in [1.165, 1.54) is 16.9 Å². The Morgan fingerprint density at radius 1 is 1.35 bits per heavy atom. The maximum absolute atomic E-state index is 12.4. The number of ether oxygens (including phenoxy) is 1. The Balaban J connectivity index is 1.65. The quantitative estimate of drug-likeness (QED) is 0.816. The van der Waals surface area contributed by atoms with Crippen LogP contribution < -0.4 is 5.32 Å². The summed E-state index contributed by atoms with van der Waals surface area (Å²) in [6, 6.07) is 12.3. The van der Waals surface area contributed by atoms with Gasteiger partial charge in [-0.25, -0.2) is 0 Å². The van der Waals surface area contributed by atoms with E-state index in [1.54, 1.807) is 11.8 Å². The molecule has 0 spiro atoms. The molecule has 3 rings (SSSR count). The van der Waals surface area contributed by atoms with Crippen LogP contribution in [-0.2, 0) is 4.74 Å². The molecule has 1 amide bonds. The van der Waals surface area contributed by atoms with Crippen molar-refractivity contribution in [2.45, 2.75) is 23.8 Å². The Hall–Kier alpha value is -1.30.